The third kappa shape index (κ3) is 5.47. The number of phenolic OH excluding ortho intramolecular Hbond substituents is 1. The van der Waals surface area contributed by atoms with Gasteiger partial charge in [0.2, 0.25) is 5.91 Å². The third-order valence-electron chi connectivity index (χ3n) is 5.26. The van der Waals surface area contributed by atoms with Crippen molar-refractivity contribution < 1.29 is 9.90 Å². The van der Waals surface area contributed by atoms with Gasteiger partial charge in [-0.25, -0.2) is 0 Å². The zero-order chi connectivity index (χ0) is 19.1. The lowest BCUT2D eigenvalue weighted by molar-refractivity contribution is -0.122. The highest BCUT2D eigenvalue weighted by Gasteiger charge is 2.19. The molecule has 0 bridgehead atoms. The van der Waals surface area contributed by atoms with Crippen LogP contribution < -0.4 is 10.2 Å². The Balaban J connectivity index is 1.42. The number of hydrogen-bond acceptors (Lipinski definition) is 4. The Morgan fingerprint density at radius 3 is 2.33 bits per heavy atom. The number of aromatic hydroxyl groups is 1. The van der Waals surface area contributed by atoms with E-state index in [0.717, 1.165) is 38.3 Å². The monoisotopic (exact) mass is 367 g/mol. The van der Waals surface area contributed by atoms with Crippen LogP contribution >= 0.6 is 0 Å². The van der Waals surface area contributed by atoms with E-state index < -0.39 is 0 Å². The number of amides is 1. The van der Waals surface area contributed by atoms with Gasteiger partial charge in [-0.05, 0) is 36.2 Å². The Morgan fingerprint density at radius 1 is 1.04 bits per heavy atom. The molecule has 0 radical (unpaired) electrons. The summed E-state index contributed by atoms with van der Waals surface area (Å²) >= 11 is 0. The molecule has 2 aromatic rings. The Bertz CT molecular complexity index is 710. The number of benzene rings is 2. The molecule has 27 heavy (non-hydrogen) atoms. The molecule has 1 fully saturated rings. The highest BCUT2D eigenvalue weighted by Crippen LogP contribution is 2.20. The van der Waals surface area contributed by atoms with Crippen molar-refractivity contribution in [1.82, 2.24) is 10.2 Å². The Hall–Kier alpha value is -2.53. The molecule has 0 aliphatic carbocycles. The van der Waals surface area contributed by atoms with Crippen molar-refractivity contribution in [2.24, 2.45) is 0 Å². The minimum Gasteiger partial charge on any atom is -0.508 e. The number of nitrogens with one attached hydrogen (secondary N) is 1. The van der Waals surface area contributed by atoms with Crippen molar-refractivity contribution in [2.75, 3.05) is 44.2 Å². The van der Waals surface area contributed by atoms with Gasteiger partial charge in [0, 0.05) is 44.3 Å². The zero-order valence-electron chi connectivity index (χ0n) is 16.0. The summed E-state index contributed by atoms with van der Waals surface area (Å²) in [7, 11) is 0. The maximum Gasteiger partial charge on any atom is 0.234 e. The van der Waals surface area contributed by atoms with Crippen LogP contribution in [-0.2, 0) is 4.79 Å². The first-order valence-electron chi connectivity index (χ1n) is 9.73. The number of phenols is 1. The second-order valence-electron chi connectivity index (χ2n) is 7.10. The van der Waals surface area contributed by atoms with E-state index in [0.29, 0.717) is 19.0 Å². The highest BCUT2D eigenvalue weighted by molar-refractivity contribution is 5.78. The van der Waals surface area contributed by atoms with Gasteiger partial charge < -0.3 is 15.3 Å². The zero-order valence-corrected chi connectivity index (χ0v) is 16.0. The summed E-state index contributed by atoms with van der Waals surface area (Å²) < 4.78 is 0. The molecule has 1 aliphatic rings. The largest absolute Gasteiger partial charge is 0.508 e. The second kappa shape index (κ2) is 9.42. The summed E-state index contributed by atoms with van der Waals surface area (Å²) in [4.78, 5) is 16.8. The number of hydrogen-bond donors (Lipinski definition) is 2. The van der Waals surface area contributed by atoms with Gasteiger partial charge in [0.1, 0.15) is 5.75 Å². The molecule has 1 heterocycles. The van der Waals surface area contributed by atoms with Crippen molar-refractivity contribution in [2.45, 2.75) is 19.3 Å². The molecule has 1 amide bonds. The Kier molecular flexibility index (Phi) is 6.71. The minimum absolute atomic E-state index is 0.0995. The van der Waals surface area contributed by atoms with Gasteiger partial charge in [-0.15, -0.1) is 0 Å². The van der Waals surface area contributed by atoms with Crippen LogP contribution in [0.4, 0.5) is 5.69 Å². The molecule has 1 atom stereocenters. The predicted octanol–water partition coefficient (Wildman–Crippen LogP) is 2.82. The maximum atomic E-state index is 12.4. The fraction of sp³-hybridized carbons (Fsp3) is 0.409. The molecule has 2 N–H and O–H groups in total. The van der Waals surface area contributed by atoms with Crippen molar-refractivity contribution >= 4 is 11.6 Å². The fourth-order valence-corrected chi connectivity index (χ4v) is 3.55. The molecule has 0 saturated carbocycles. The van der Waals surface area contributed by atoms with Crippen molar-refractivity contribution in [3.8, 4) is 5.75 Å². The van der Waals surface area contributed by atoms with Gasteiger partial charge in [0.05, 0.1) is 6.54 Å². The molecular formula is C22H29N3O2. The van der Waals surface area contributed by atoms with Crippen LogP contribution in [0.3, 0.4) is 0 Å². The summed E-state index contributed by atoms with van der Waals surface area (Å²) in [6.07, 6.45) is 1.01. The van der Waals surface area contributed by atoms with Crippen LogP contribution in [0.15, 0.2) is 54.6 Å². The van der Waals surface area contributed by atoms with Crippen LogP contribution in [0, 0.1) is 0 Å². The molecule has 5 nitrogen and oxygen atoms in total. The second-order valence-corrected chi connectivity index (χ2v) is 7.10. The number of anilines is 1. The number of rotatable bonds is 7. The molecule has 0 aromatic heterocycles. The molecule has 1 saturated heterocycles. The van der Waals surface area contributed by atoms with E-state index >= 15 is 0 Å². The molecule has 0 unspecified atom stereocenters. The summed E-state index contributed by atoms with van der Waals surface area (Å²) in [5.41, 5.74) is 2.40. The van der Waals surface area contributed by atoms with Gasteiger partial charge in [0.25, 0.3) is 0 Å². The molecular weight excluding hydrogens is 338 g/mol. The van der Waals surface area contributed by atoms with Gasteiger partial charge in [-0.2, -0.15) is 0 Å². The normalized spacial score (nSPS) is 16.1. The van der Waals surface area contributed by atoms with Crippen molar-refractivity contribution in [3.63, 3.8) is 0 Å². The predicted molar refractivity (Wildman–Crippen MR) is 109 cm³/mol. The molecule has 0 spiro atoms. The Labute approximate surface area is 161 Å². The van der Waals surface area contributed by atoms with E-state index in [4.69, 9.17) is 0 Å². The summed E-state index contributed by atoms with van der Waals surface area (Å²) in [6, 6.07) is 17.7. The van der Waals surface area contributed by atoms with Crippen LogP contribution in [0.25, 0.3) is 0 Å². The fourth-order valence-electron chi connectivity index (χ4n) is 3.55. The average Bonchev–Trinajstić information content (AvgIpc) is 2.70. The van der Waals surface area contributed by atoms with Crippen molar-refractivity contribution in [3.05, 3.63) is 60.2 Å². The van der Waals surface area contributed by atoms with Crippen molar-refractivity contribution in [1.29, 1.82) is 0 Å². The van der Waals surface area contributed by atoms with Crippen LogP contribution in [-0.4, -0.2) is 55.2 Å². The minimum atomic E-state index is 0.0995. The first-order chi connectivity index (χ1) is 13.2. The molecule has 2 aromatic carbocycles. The molecule has 3 rings (SSSR count). The van der Waals surface area contributed by atoms with Crippen LogP contribution in [0.2, 0.25) is 0 Å². The number of carbonyl (C=O) groups is 1. The average molecular weight is 367 g/mol. The van der Waals surface area contributed by atoms with E-state index in [-0.39, 0.29) is 11.7 Å². The summed E-state index contributed by atoms with van der Waals surface area (Å²) in [5.74, 6) is 0.749. The van der Waals surface area contributed by atoms with E-state index in [1.807, 2.05) is 30.3 Å². The lowest BCUT2D eigenvalue weighted by Crippen LogP contribution is -2.49. The SMILES string of the molecule is CC[C@@H](CNC(=O)CN1CCN(c2ccc(O)cc2)CC1)c1ccccc1. The third-order valence-corrected chi connectivity index (χ3v) is 5.26. The van der Waals surface area contributed by atoms with E-state index in [9.17, 15) is 9.90 Å². The smallest absolute Gasteiger partial charge is 0.234 e. The van der Waals surface area contributed by atoms with Gasteiger partial charge in [0.15, 0.2) is 0 Å². The van der Waals surface area contributed by atoms with Gasteiger partial charge >= 0.3 is 0 Å². The lowest BCUT2D eigenvalue weighted by atomic mass is 9.96. The van der Waals surface area contributed by atoms with E-state index in [1.165, 1.54) is 5.56 Å². The van der Waals surface area contributed by atoms with Crippen LogP contribution in [0.1, 0.15) is 24.8 Å². The first kappa shape index (κ1) is 19.2. The lowest BCUT2D eigenvalue weighted by Gasteiger charge is -2.35. The van der Waals surface area contributed by atoms with Crippen LogP contribution in [0.5, 0.6) is 5.75 Å². The molecule has 144 valence electrons. The van der Waals surface area contributed by atoms with Gasteiger partial charge in [-0.3, -0.25) is 9.69 Å². The number of carbonyl (C=O) groups excluding carboxylic acids is 1. The molecule has 5 heteroatoms. The Morgan fingerprint density at radius 2 is 1.70 bits per heavy atom. The first-order valence-corrected chi connectivity index (χ1v) is 9.73. The molecule has 1 aliphatic heterocycles. The number of piperazine rings is 1. The topological polar surface area (TPSA) is 55.8 Å². The van der Waals surface area contributed by atoms with E-state index in [1.54, 1.807) is 12.1 Å². The quantitative estimate of drug-likeness (QED) is 0.790. The summed E-state index contributed by atoms with van der Waals surface area (Å²) in [6.45, 7) is 6.81. The standard InChI is InChI=1S/C22H29N3O2/c1-2-18(19-6-4-3-5-7-19)16-23-22(27)17-24-12-14-25(15-13-24)20-8-10-21(26)11-9-20/h3-11,18,26H,2,12-17H2,1H3,(H,23,27)/t18-/m0/s1. The van der Waals surface area contributed by atoms with Gasteiger partial charge in [-0.1, -0.05) is 37.3 Å². The summed E-state index contributed by atoms with van der Waals surface area (Å²) in [5, 5.41) is 12.5. The van der Waals surface area contributed by atoms with E-state index in [2.05, 4.69) is 34.2 Å². The maximum absolute atomic E-state index is 12.4. The highest BCUT2D eigenvalue weighted by atomic mass is 16.3. The number of nitrogens with zero attached hydrogens (tertiary/aromatic N) is 2.